The lowest BCUT2D eigenvalue weighted by Crippen LogP contribution is -2.16. The van der Waals surface area contributed by atoms with Crippen molar-refractivity contribution in [2.45, 2.75) is 46.3 Å². The van der Waals surface area contributed by atoms with Crippen LogP contribution in [0, 0.1) is 20.8 Å². The SMILES string of the molecule is Cc1ccc(N/N=C\c2cc(C)n(C[C@H]3CCCO3)c2C)cc1. The van der Waals surface area contributed by atoms with E-state index in [0.717, 1.165) is 30.8 Å². The largest absolute Gasteiger partial charge is 0.376 e. The molecule has 1 saturated heterocycles. The number of benzene rings is 1. The third-order valence-corrected chi connectivity index (χ3v) is 4.47. The van der Waals surface area contributed by atoms with E-state index >= 15 is 0 Å². The topological polar surface area (TPSA) is 38.5 Å². The van der Waals surface area contributed by atoms with Gasteiger partial charge in [0, 0.05) is 30.1 Å². The van der Waals surface area contributed by atoms with E-state index in [-0.39, 0.29) is 0 Å². The van der Waals surface area contributed by atoms with Crippen molar-refractivity contribution >= 4 is 11.9 Å². The third kappa shape index (κ3) is 3.82. The second-order valence-electron chi connectivity index (χ2n) is 6.31. The minimum atomic E-state index is 0.357. The number of hydrogen-bond donors (Lipinski definition) is 1. The first-order chi connectivity index (χ1) is 11.1. The summed E-state index contributed by atoms with van der Waals surface area (Å²) in [6.45, 7) is 8.22. The quantitative estimate of drug-likeness (QED) is 0.668. The Morgan fingerprint density at radius 1 is 1.26 bits per heavy atom. The van der Waals surface area contributed by atoms with Crippen LogP contribution in [0.5, 0.6) is 0 Å². The van der Waals surface area contributed by atoms with Gasteiger partial charge in [-0.25, -0.2) is 0 Å². The Morgan fingerprint density at radius 3 is 2.74 bits per heavy atom. The van der Waals surface area contributed by atoms with Crippen LogP contribution in [0.15, 0.2) is 35.4 Å². The molecule has 1 atom stereocenters. The van der Waals surface area contributed by atoms with E-state index in [0.29, 0.717) is 6.10 Å². The summed E-state index contributed by atoms with van der Waals surface area (Å²) in [7, 11) is 0. The summed E-state index contributed by atoms with van der Waals surface area (Å²) in [6, 6.07) is 10.4. The van der Waals surface area contributed by atoms with Gasteiger partial charge in [0.05, 0.1) is 18.0 Å². The summed E-state index contributed by atoms with van der Waals surface area (Å²) in [6.07, 6.45) is 4.60. The fraction of sp³-hybridized carbons (Fsp3) is 0.421. The minimum absolute atomic E-state index is 0.357. The third-order valence-electron chi connectivity index (χ3n) is 4.47. The fourth-order valence-electron chi connectivity index (χ4n) is 3.04. The Balaban J connectivity index is 1.67. The van der Waals surface area contributed by atoms with E-state index in [1.807, 2.05) is 18.3 Å². The van der Waals surface area contributed by atoms with Gasteiger partial charge >= 0.3 is 0 Å². The Bertz CT molecular complexity index is 679. The molecule has 0 saturated carbocycles. The van der Waals surface area contributed by atoms with E-state index in [9.17, 15) is 0 Å². The molecule has 2 heterocycles. The summed E-state index contributed by atoms with van der Waals surface area (Å²) >= 11 is 0. The zero-order valence-electron chi connectivity index (χ0n) is 14.2. The molecular formula is C19H25N3O. The van der Waals surface area contributed by atoms with Crippen molar-refractivity contribution in [3.05, 3.63) is 52.8 Å². The number of hydrazone groups is 1. The van der Waals surface area contributed by atoms with Crippen molar-refractivity contribution < 1.29 is 4.74 Å². The molecule has 23 heavy (non-hydrogen) atoms. The molecular weight excluding hydrogens is 286 g/mol. The van der Waals surface area contributed by atoms with Crippen LogP contribution in [0.4, 0.5) is 5.69 Å². The molecule has 1 aliphatic heterocycles. The highest BCUT2D eigenvalue weighted by Crippen LogP contribution is 2.19. The van der Waals surface area contributed by atoms with E-state index in [1.54, 1.807) is 0 Å². The van der Waals surface area contributed by atoms with Crippen LogP contribution in [0.2, 0.25) is 0 Å². The summed E-state index contributed by atoms with van der Waals surface area (Å²) in [5.41, 5.74) is 8.99. The van der Waals surface area contributed by atoms with Gasteiger partial charge in [0.1, 0.15) is 0 Å². The predicted molar refractivity (Wildman–Crippen MR) is 95.3 cm³/mol. The Hall–Kier alpha value is -2.07. The lowest BCUT2D eigenvalue weighted by atomic mass is 10.2. The summed E-state index contributed by atoms with van der Waals surface area (Å²) in [5.74, 6) is 0. The Labute approximate surface area is 138 Å². The lowest BCUT2D eigenvalue weighted by Gasteiger charge is -2.14. The molecule has 2 aromatic rings. The molecule has 4 nitrogen and oxygen atoms in total. The minimum Gasteiger partial charge on any atom is -0.376 e. The normalized spacial score (nSPS) is 18.0. The van der Waals surface area contributed by atoms with Gasteiger partial charge in [-0.1, -0.05) is 17.7 Å². The van der Waals surface area contributed by atoms with Gasteiger partial charge < -0.3 is 9.30 Å². The monoisotopic (exact) mass is 311 g/mol. The second-order valence-corrected chi connectivity index (χ2v) is 6.31. The summed E-state index contributed by atoms with van der Waals surface area (Å²) in [4.78, 5) is 0. The maximum atomic E-state index is 5.76. The second kappa shape index (κ2) is 7.01. The molecule has 0 aliphatic carbocycles. The van der Waals surface area contributed by atoms with Crippen molar-refractivity contribution in [2.75, 3.05) is 12.0 Å². The average Bonchev–Trinajstić information content (AvgIpc) is 3.14. The lowest BCUT2D eigenvalue weighted by molar-refractivity contribution is 0.0962. The van der Waals surface area contributed by atoms with Gasteiger partial charge in [-0.3, -0.25) is 5.43 Å². The van der Waals surface area contributed by atoms with E-state index in [1.165, 1.54) is 23.4 Å². The van der Waals surface area contributed by atoms with E-state index in [4.69, 9.17) is 4.74 Å². The van der Waals surface area contributed by atoms with Crippen molar-refractivity contribution in [3.8, 4) is 0 Å². The highest BCUT2D eigenvalue weighted by molar-refractivity contribution is 5.82. The van der Waals surface area contributed by atoms with Crippen LogP contribution >= 0.6 is 0 Å². The number of anilines is 1. The standard InChI is InChI=1S/C19H25N3O/c1-14-6-8-18(9-7-14)21-20-12-17-11-15(2)22(16(17)3)13-19-5-4-10-23-19/h6-9,11-12,19,21H,4-5,10,13H2,1-3H3/b20-12-/t19-/m1/s1. The first kappa shape index (κ1) is 15.8. The molecule has 0 bridgehead atoms. The van der Waals surface area contributed by atoms with Crippen LogP contribution in [-0.2, 0) is 11.3 Å². The van der Waals surface area contributed by atoms with Crippen molar-refractivity contribution in [1.82, 2.24) is 4.57 Å². The summed E-state index contributed by atoms with van der Waals surface area (Å²) < 4.78 is 8.09. The van der Waals surface area contributed by atoms with Gasteiger partial charge in [-0.2, -0.15) is 5.10 Å². The van der Waals surface area contributed by atoms with Gasteiger partial charge in [-0.15, -0.1) is 0 Å². The van der Waals surface area contributed by atoms with Gasteiger partial charge in [-0.05, 0) is 51.8 Å². The molecule has 122 valence electrons. The van der Waals surface area contributed by atoms with Crippen LogP contribution in [-0.4, -0.2) is 23.5 Å². The van der Waals surface area contributed by atoms with Crippen molar-refractivity contribution in [3.63, 3.8) is 0 Å². The van der Waals surface area contributed by atoms with Crippen molar-refractivity contribution in [2.24, 2.45) is 5.10 Å². The molecule has 3 rings (SSSR count). The van der Waals surface area contributed by atoms with Gasteiger partial charge in [0.25, 0.3) is 0 Å². The van der Waals surface area contributed by atoms with Crippen LogP contribution in [0.1, 0.15) is 35.4 Å². The number of aryl methyl sites for hydroxylation is 2. The molecule has 0 unspecified atom stereocenters. The maximum Gasteiger partial charge on any atom is 0.0754 e. The number of ether oxygens (including phenoxy) is 1. The van der Waals surface area contributed by atoms with E-state index in [2.05, 4.69) is 54.1 Å². The molecule has 0 amide bonds. The van der Waals surface area contributed by atoms with Crippen LogP contribution < -0.4 is 5.43 Å². The number of aromatic nitrogens is 1. The zero-order valence-corrected chi connectivity index (χ0v) is 14.2. The fourth-order valence-corrected chi connectivity index (χ4v) is 3.04. The van der Waals surface area contributed by atoms with Gasteiger partial charge in [0.2, 0.25) is 0 Å². The van der Waals surface area contributed by atoms with E-state index < -0.39 is 0 Å². The zero-order chi connectivity index (χ0) is 16.2. The molecule has 0 radical (unpaired) electrons. The molecule has 0 spiro atoms. The molecule has 1 aromatic carbocycles. The number of nitrogens with one attached hydrogen (secondary N) is 1. The maximum absolute atomic E-state index is 5.76. The molecule has 4 heteroatoms. The van der Waals surface area contributed by atoms with Crippen LogP contribution in [0.25, 0.3) is 0 Å². The molecule has 1 N–H and O–H groups in total. The highest BCUT2D eigenvalue weighted by atomic mass is 16.5. The first-order valence-electron chi connectivity index (χ1n) is 8.27. The molecule has 1 fully saturated rings. The predicted octanol–water partition coefficient (Wildman–Crippen LogP) is 4.04. The Morgan fingerprint density at radius 2 is 2.04 bits per heavy atom. The summed E-state index contributed by atoms with van der Waals surface area (Å²) in [5, 5.41) is 4.37. The Kier molecular flexibility index (Phi) is 4.82. The van der Waals surface area contributed by atoms with Crippen molar-refractivity contribution in [1.29, 1.82) is 0 Å². The highest BCUT2D eigenvalue weighted by Gasteiger charge is 2.18. The molecule has 1 aliphatic rings. The molecule has 1 aromatic heterocycles. The average molecular weight is 311 g/mol. The smallest absolute Gasteiger partial charge is 0.0754 e. The number of rotatable bonds is 5. The number of nitrogens with zero attached hydrogens (tertiary/aromatic N) is 2. The first-order valence-corrected chi connectivity index (χ1v) is 8.27. The number of hydrogen-bond acceptors (Lipinski definition) is 3. The van der Waals surface area contributed by atoms with Gasteiger partial charge in [0.15, 0.2) is 0 Å². The van der Waals surface area contributed by atoms with Crippen LogP contribution in [0.3, 0.4) is 0 Å².